The van der Waals surface area contributed by atoms with E-state index in [1.807, 2.05) is 0 Å². The summed E-state index contributed by atoms with van der Waals surface area (Å²) in [6.45, 7) is 5.54. The predicted octanol–water partition coefficient (Wildman–Crippen LogP) is 2.92. The van der Waals surface area contributed by atoms with Crippen LogP contribution in [-0.2, 0) is 14.3 Å². The molecule has 1 amide bonds. The van der Waals surface area contributed by atoms with E-state index in [-0.39, 0.29) is 24.5 Å². The number of aromatic amines is 1. The molecule has 1 aliphatic carbocycles. The van der Waals surface area contributed by atoms with Gasteiger partial charge in [0.15, 0.2) is 0 Å². The van der Waals surface area contributed by atoms with Gasteiger partial charge in [-0.2, -0.15) is 5.10 Å². The summed E-state index contributed by atoms with van der Waals surface area (Å²) in [6.07, 6.45) is 6.94. The van der Waals surface area contributed by atoms with Crippen LogP contribution in [0.5, 0.6) is 0 Å². The highest BCUT2D eigenvalue weighted by molar-refractivity contribution is 6.02. The molecule has 144 valence electrons. The molecular formula is C19H29N3O4. The maximum atomic E-state index is 13.4. The van der Waals surface area contributed by atoms with Crippen molar-refractivity contribution in [3.63, 3.8) is 0 Å². The van der Waals surface area contributed by atoms with Crippen molar-refractivity contribution < 1.29 is 19.1 Å². The lowest BCUT2D eigenvalue weighted by Gasteiger charge is -2.37. The monoisotopic (exact) mass is 363 g/mol. The number of hydrogen-bond acceptors (Lipinski definition) is 5. The first-order valence-electron chi connectivity index (χ1n) is 9.73. The Morgan fingerprint density at radius 1 is 1.23 bits per heavy atom. The van der Waals surface area contributed by atoms with Gasteiger partial charge >= 0.3 is 5.97 Å². The second kappa shape index (κ2) is 8.66. The first kappa shape index (κ1) is 18.9. The van der Waals surface area contributed by atoms with Crippen molar-refractivity contribution in [2.45, 2.75) is 58.4 Å². The highest BCUT2D eigenvalue weighted by atomic mass is 16.5. The number of nitrogens with one attached hydrogen (secondary N) is 1. The quantitative estimate of drug-likeness (QED) is 0.813. The van der Waals surface area contributed by atoms with Crippen LogP contribution in [0.15, 0.2) is 6.20 Å². The van der Waals surface area contributed by atoms with Gasteiger partial charge in [-0.05, 0) is 51.4 Å². The molecule has 0 spiro atoms. The molecule has 2 aliphatic rings. The fourth-order valence-electron chi connectivity index (χ4n) is 3.94. The molecular weight excluding hydrogens is 334 g/mol. The van der Waals surface area contributed by atoms with E-state index in [0.717, 1.165) is 38.5 Å². The Bertz CT molecular complexity index is 616. The molecule has 2 heterocycles. The molecule has 26 heavy (non-hydrogen) atoms. The number of anilines is 1. The fraction of sp³-hybridized carbons (Fsp3) is 0.737. The summed E-state index contributed by atoms with van der Waals surface area (Å²) in [6, 6.07) is 0.0178. The molecule has 1 saturated carbocycles. The van der Waals surface area contributed by atoms with E-state index >= 15 is 0 Å². The molecule has 0 radical (unpaired) electrons. The van der Waals surface area contributed by atoms with Crippen LogP contribution < -0.4 is 4.90 Å². The normalized spacial score (nSPS) is 24.2. The molecule has 0 unspecified atom stereocenters. The van der Waals surface area contributed by atoms with Crippen LogP contribution in [-0.4, -0.2) is 47.9 Å². The third-order valence-corrected chi connectivity index (χ3v) is 5.51. The second-order valence-corrected chi connectivity index (χ2v) is 7.36. The van der Waals surface area contributed by atoms with E-state index in [1.54, 1.807) is 11.8 Å². The van der Waals surface area contributed by atoms with Crippen LogP contribution in [0.4, 0.5) is 5.82 Å². The van der Waals surface area contributed by atoms with Gasteiger partial charge in [-0.3, -0.25) is 14.8 Å². The lowest BCUT2D eigenvalue weighted by molar-refractivity contribution is -0.124. The smallest absolute Gasteiger partial charge is 0.343 e. The van der Waals surface area contributed by atoms with Crippen LogP contribution in [0.1, 0.15) is 62.7 Å². The first-order valence-corrected chi connectivity index (χ1v) is 9.73. The predicted molar refractivity (Wildman–Crippen MR) is 97.0 cm³/mol. The van der Waals surface area contributed by atoms with Crippen molar-refractivity contribution >= 4 is 17.7 Å². The Labute approximate surface area is 154 Å². The zero-order valence-electron chi connectivity index (χ0n) is 15.7. The Kier molecular flexibility index (Phi) is 6.29. The van der Waals surface area contributed by atoms with Crippen LogP contribution in [0.25, 0.3) is 0 Å². The molecule has 3 rings (SSSR count). The minimum Gasteiger partial charge on any atom is -0.462 e. The summed E-state index contributed by atoms with van der Waals surface area (Å²) in [5.74, 6) is 0.807. The number of ether oxygens (including phenoxy) is 2. The Morgan fingerprint density at radius 3 is 2.58 bits per heavy atom. The van der Waals surface area contributed by atoms with Crippen molar-refractivity contribution in [3.8, 4) is 0 Å². The fourth-order valence-corrected chi connectivity index (χ4v) is 3.94. The molecule has 0 aromatic carbocycles. The number of carbonyl (C=O) groups is 2. The average Bonchev–Trinajstić information content (AvgIpc) is 3.13. The summed E-state index contributed by atoms with van der Waals surface area (Å²) >= 11 is 0. The van der Waals surface area contributed by atoms with E-state index in [4.69, 9.17) is 9.47 Å². The third kappa shape index (κ3) is 4.09. The van der Waals surface area contributed by atoms with Crippen LogP contribution >= 0.6 is 0 Å². The largest absolute Gasteiger partial charge is 0.462 e. The van der Waals surface area contributed by atoms with Gasteiger partial charge in [0.2, 0.25) is 5.91 Å². The standard InChI is InChI=1S/C19H29N3O4/c1-3-26-19(24)16-12-20-21-17(16)22(15-8-10-25-11-9-15)18(23)14-6-4-13(2)5-7-14/h12-15H,3-11H2,1-2H3,(H,20,21). The van der Waals surface area contributed by atoms with E-state index in [0.29, 0.717) is 30.5 Å². The van der Waals surface area contributed by atoms with Gasteiger partial charge in [0, 0.05) is 25.2 Å². The van der Waals surface area contributed by atoms with Crippen LogP contribution in [0, 0.1) is 11.8 Å². The molecule has 2 fully saturated rings. The highest BCUT2D eigenvalue weighted by Crippen LogP contribution is 2.33. The number of nitrogens with zero attached hydrogens (tertiary/aromatic N) is 2. The minimum absolute atomic E-state index is 0.00684. The Hall–Kier alpha value is -1.89. The first-order chi connectivity index (χ1) is 12.6. The number of carbonyl (C=O) groups excluding carboxylic acids is 2. The summed E-state index contributed by atoms with van der Waals surface area (Å²) in [7, 11) is 0. The van der Waals surface area contributed by atoms with Gasteiger partial charge in [0.05, 0.1) is 12.8 Å². The van der Waals surface area contributed by atoms with Gasteiger partial charge in [0.1, 0.15) is 11.4 Å². The number of H-pyrrole nitrogens is 1. The minimum atomic E-state index is -0.446. The van der Waals surface area contributed by atoms with Gasteiger partial charge in [0.25, 0.3) is 0 Å². The third-order valence-electron chi connectivity index (χ3n) is 5.51. The molecule has 1 N–H and O–H groups in total. The zero-order valence-corrected chi connectivity index (χ0v) is 15.7. The number of hydrogen-bond donors (Lipinski definition) is 1. The maximum Gasteiger partial charge on any atom is 0.343 e. The van der Waals surface area contributed by atoms with Crippen molar-refractivity contribution in [1.82, 2.24) is 10.2 Å². The number of amides is 1. The molecule has 0 bridgehead atoms. The highest BCUT2D eigenvalue weighted by Gasteiger charge is 2.36. The molecule has 7 heteroatoms. The van der Waals surface area contributed by atoms with Crippen molar-refractivity contribution in [2.24, 2.45) is 11.8 Å². The summed E-state index contributed by atoms with van der Waals surface area (Å²) in [5, 5.41) is 6.91. The van der Waals surface area contributed by atoms with Gasteiger partial charge in [-0.15, -0.1) is 0 Å². The molecule has 1 aromatic heterocycles. The lowest BCUT2D eigenvalue weighted by atomic mass is 9.82. The van der Waals surface area contributed by atoms with Crippen molar-refractivity contribution in [2.75, 3.05) is 24.7 Å². The van der Waals surface area contributed by atoms with Crippen LogP contribution in [0.3, 0.4) is 0 Å². The van der Waals surface area contributed by atoms with Crippen LogP contribution in [0.2, 0.25) is 0 Å². The topological polar surface area (TPSA) is 84.5 Å². The Balaban J connectivity index is 1.88. The number of aromatic nitrogens is 2. The van der Waals surface area contributed by atoms with E-state index in [1.165, 1.54) is 6.20 Å². The van der Waals surface area contributed by atoms with Gasteiger partial charge < -0.3 is 9.47 Å². The molecule has 0 atom stereocenters. The maximum absolute atomic E-state index is 13.4. The molecule has 1 saturated heterocycles. The molecule has 1 aromatic rings. The summed E-state index contributed by atoms with van der Waals surface area (Å²) in [4.78, 5) is 27.5. The summed E-state index contributed by atoms with van der Waals surface area (Å²) in [5.41, 5.74) is 0.330. The lowest BCUT2D eigenvalue weighted by Crippen LogP contribution is -2.47. The van der Waals surface area contributed by atoms with Crippen molar-refractivity contribution in [1.29, 1.82) is 0 Å². The average molecular weight is 363 g/mol. The van der Waals surface area contributed by atoms with Crippen molar-refractivity contribution in [3.05, 3.63) is 11.8 Å². The van der Waals surface area contributed by atoms with E-state index in [2.05, 4.69) is 17.1 Å². The SMILES string of the molecule is CCOC(=O)c1cn[nH]c1N(C(=O)C1CCC(C)CC1)C1CCOCC1. The molecule has 7 nitrogen and oxygen atoms in total. The number of esters is 1. The summed E-state index contributed by atoms with van der Waals surface area (Å²) < 4.78 is 10.6. The van der Waals surface area contributed by atoms with E-state index < -0.39 is 5.97 Å². The van der Waals surface area contributed by atoms with Gasteiger partial charge in [-0.25, -0.2) is 4.79 Å². The Morgan fingerprint density at radius 2 is 1.92 bits per heavy atom. The van der Waals surface area contributed by atoms with E-state index in [9.17, 15) is 9.59 Å². The zero-order chi connectivity index (χ0) is 18.5. The molecule has 1 aliphatic heterocycles. The number of rotatable bonds is 5. The second-order valence-electron chi connectivity index (χ2n) is 7.36. The van der Waals surface area contributed by atoms with Gasteiger partial charge in [-0.1, -0.05) is 6.92 Å².